The molecule has 0 bridgehead atoms. The first-order valence-electron chi connectivity index (χ1n) is 8.52. The van der Waals surface area contributed by atoms with Gasteiger partial charge in [-0.25, -0.2) is 8.42 Å². The van der Waals surface area contributed by atoms with Crippen molar-refractivity contribution in [3.8, 4) is 0 Å². The minimum Gasteiger partial charge on any atom is -0.345 e. The number of carbonyl (C=O) groups is 1. The average Bonchev–Trinajstić information content (AvgIpc) is 3.27. The number of hydrogen-bond donors (Lipinski definition) is 1. The predicted octanol–water partition coefficient (Wildman–Crippen LogP) is 1.06. The molecule has 0 saturated carbocycles. The van der Waals surface area contributed by atoms with Gasteiger partial charge in [0.15, 0.2) is 9.84 Å². The van der Waals surface area contributed by atoms with E-state index in [0.29, 0.717) is 18.7 Å². The first-order valence-corrected chi connectivity index (χ1v) is 10.3. The summed E-state index contributed by atoms with van der Waals surface area (Å²) in [5.41, 5.74) is 3.22. The predicted molar refractivity (Wildman–Crippen MR) is 92.0 cm³/mol. The zero-order chi connectivity index (χ0) is 17.4. The largest absolute Gasteiger partial charge is 0.345 e. The molecule has 2 aromatic rings. The fraction of sp³-hybridized carbons (Fsp3) is 0.471. The van der Waals surface area contributed by atoms with Crippen molar-refractivity contribution in [2.45, 2.75) is 38.3 Å². The SMILES string of the molecule is O=C(NCc1ccccn1)c1c2c(nn1[C@H]1CCS(=O)(=O)C1)CCC2. The maximum Gasteiger partial charge on any atom is 0.270 e. The molecule has 132 valence electrons. The van der Waals surface area contributed by atoms with Crippen LogP contribution in [0.5, 0.6) is 0 Å². The van der Waals surface area contributed by atoms with Crippen molar-refractivity contribution in [3.63, 3.8) is 0 Å². The Morgan fingerprint density at radius 3 is 2.92 bits per heavy atom. The van der Waals surface area contributed by atoms with Crippen molar-refractivity contribution >= 4 is 15.7 Å². The van der Waals surface area contributed by atoms with E-state index in [0.717, 1.165) is 36.2 Å². The minimum atomic E-state index is -3.04. The lowest BCUT2D eigenvalue weighted by atomic mass is 10.1. The van der Waals surface area contributed by atoms with Gasteiger partial charge in [0.1, 0.15) is 5.69 Å². The summed E-state index contributed by atoms with van der Waals surface area (Å²) in [5, 5.41) is 7.49. The van der Waals surface area contributed by atoms with Gasteiger partial charge in [-0.3, -0.25) is 14.5 Å². The van der Waals surface area contributed by atoms with E-state index >= 15 is 0 Å². The molecule has 1 amide bonds. The number of carbonyl (C=O) groups excluding carboxylic acids is 1. The van der Waals surface area contributed by atoms with E-state index in [-0.39, 0.29) is 23.5 Å². The Balaban J connectivity index is 1.60. The van der Waals surface area contributed by atoms with E-state index < -0.39 is 9.84 Å². The number of aryl methyl sites for hydroxylation is 1. The fourth-order valence-electron chi connectivity index (χ4n) is 3.64. The number of fused-ring (bicyclic) bond motifs is 1. The summed E-state index contributed by atoms with van der Waals surface area (Å²) in [5.74, 6) is 0.0243. The first-order chi connectivity index (χ1) is 12.0. The monoisotopic (exact) mass is 360 g/mol. The molecule has 3 heterocycles. The van der Waals surface area contributed by atoms with Crippen LogP contribution >= 0.6 is 0 Å². The van der Waals surface area contributed by atoms with E-state index in [9.17, 15) is 13.2 Å². The van der Waals surface area contributed by atoms with Gasteiger partial charge in [0.2, 0.25) is 0 Å². The minimum absolute atomic E-state index is 0.0636. The quantitative estimate of drug-likeness (QED) is 0.880. The van der Waals surface area contributed by atoms with Crippen molar-refractivity contribution in [1.82, 2.24) is 20.1 Å². The Labute approximate surface area is 146 Å². The van der Waals surface area contributed by atoms with Gasteiger partial charge >= 0.3 is 0 Å². The Hall–Kier alpha value is -2.22. The summed E-state index contributed by atoms with van der Waals surface area (Å²) in [6, 6.07) is 5.31. The molecule has 4 rings (SSSR count). The van der Waals surface area contributed by atoms with Gasteiger partial charge in [-0.2, -0.15) is 5.10 Å². The smallest absolute Gasteiger partial charge is 0.270 e. The van der Waals surface area contributed by atoms with E-state index in [1.165, 1.54) is 0 Å². The lowest BCUT2D eigenvalue weighted by Gasteiger charge is -2.14. The van der Waals surface area contributed by atoms with Gasteiger partial charge in [0.05, 0.1) is 35.5 Å². The van der Waals surface area contributed by atoms with Crippen LogP contribution in [0.1, 0.15) is 46.3 Å². The van der Waals surface area contributed by atoms with Crippen LogP contribution in [0.2, 0.25) is 0 Å². The van der Waals surface area contributed by atoms with Crippen LogP contribution in [0.4, 0.5) is 0 Å². The number of rotatable bonds is 4. The molecule has 1 N–H and O–H groups in total. The molecule has 8 heteroatoms. The zero-order valence-corrected chi connectivity index (χ0v) is 14.6. The Morgan fingerprint density at radius 2 is 2.20 bits per heavy atom. The summed E-state index contributed by atoms with van der Waals surface area (Å²) in [6.45, 7) is 0.336. The summed E-state index contributed by atoms with van der Waals surface area (Å²) in [6.07, 6.45) is 4.86. The molecule has 1 saturated heterocycles. The molecule has 1 aliphatic carbocycles. The van der Waals surface area contributed by atoms with Crippen LogP contribution in [-0.4, -0.2) is 40.6 Å². The third kappa shape index (κ3) is 3.18. The molecule has 7 nitrogen and oxygen atoms in total. The first kappa shape index (κ1) is 16.3. The second-order valence-corrected chi connectivity index (χ2v) is 8.86. The highest BCUT2D eigenvalue weighted by Crippen LogP contribution is 2.31. The topological polar surface area (TPSA) is 93.9 Å². The van der Waals surface area contributed by atoms with Crippen LogP contribution in [0.25, 0.3) is 0 Å². The number of aromatic nitrogens is 3. The van der Waals surface area contributed by atoms with Crippen molar-refractivity contribution in [1.29, 1.82) is 0 Å². The van der Waals surface area contributed by atoms with Gasteiger partial charge in [-0.15, -0.1) is 0 Å². The van der Waals surface area contributed by atoms with Gasteiger partial charge in [0, 0.05) is 11.8 Å². The Kier molecular flexibility index (Phi) is 4.07. The summed E-state index contributed by atoms with van der Waals surface area (Å²) >= 11 is 0. The molecular formula is C17H20N4O3S. The second-order valence-electron chi connectivity index (χ2n) is 6.63. The van der Waals surface area contributed by atoms with Gasteiger partial charge in [-0.1, -0.05) is 6.07 Å². The zero-order valence-electron chi connectivity index (χ0n) is 13.8. The highest BCUT2D eigenvalue weighted by atomic mass is 32.2. The maximum absolute atomic E-state index is 12.8. The Bertz CT molecular complexity index is 905. The molecule has 2 aromatic heterocycles. The number of pyridine rings is 1. The van der Waals surface area contributed by atoms with Crippen molar-refractivity contribution < 1.29 is 13.2 Å². The number of hydrogen-bond acceptors (Lipinski definition) is 5. The number of nitrogens with one attached hydrogen (secondary N) is 1. The molecule has 0 aromatic carbocycles. The maximum atomic E-state index is 12.8. The number of nitrogens with zero attached hydrogens (tertiary/aromatic N) is 3. The number of sulfone groups is 1. The van der Waals surface area contributed by atoms with E-state index in [4.69, 9.17) is 0 Å². The Morgan fingerprint density at radius 1 is 1.32 bits per heavy atom. The molecule has 1 aliphatic heterocycles. The van der Waals surface area contributed by atoms with E-state index in [2.05, 4.69) is 15.4 Å². The van der Waals surface area contributed by atoms with Crippen molar-refractivity contribution in [3.05, 3.63) is 47.0 Å². The lowest BCUT2D eigenvalue weighted by Crippen LogP contribution is -2.29. The standard InChI is InChI=1S/C17H20N4O3S/c22-17(19-10-12-4-1-2-8-18-12)16-14-5-3-6-15(14)20-21(16)13-7-9-25(23,24)11-13/h1-2,4,8,13H,3,5-7,9-11H2,(H,19,22)/t13-/m0/s1. The van der Waals surface area contributed by atoms with Crippen LogP contribution in [0, 0.1) is 0 Å². The van der Waals surface area contributed by atoms with Crippen LogP contribution < -0.4 is 5.32 Å². The van der Waals surface area contributed by atoms with E-state index in [1.54, 1.807) is 10.9 Å². The molecule has 2 aliphatic rings. The third-order valence-corrected chi connectivity index (χ3v) is 6.61. The highest BCUT2D eigenvalue weighted by Gasteiger charge is 2.35. The fourth-order valence-corrected chi connectivity index (χ4v) is 5.33. The highest BCUT2D eigenvalue weighted by molar-refractivity contribution is 7.91. The van der Waals surface area contributed by atoms with Gasteiger partial charge in [-0.05, 0) is 37.8 Å². The van der Waals surface area contributed by atoms with E-state index in [1.807, 2.05) is 18.2 Å². The van der Waals surface area contributed by atoms with Crippen molar-refractivity contribution in [2.24, 2.45) is 0 Å². The molecule has 25 heavy (non-hydrogen) atoms. The van der Waals surface area contributed by atoms with Gasteiger partial charge in [0.25, 0.3) is 5.91 Å². The molecule has 0 spiro atoms. The molecular weight excluding hydrogens is 340 g/mol. The summed E-state index contributed by atoms with van der Waals surface area (Å²) in [7, 11) is -3.04. The van der Waals surface area contributed by atoms with Crippen LogP contribution in [-0.2, 0) is 29.2 Å². The number of amides is 1. The second kappa shape index (κ2) is 6.25. The molecule has 0 radical (unpaired) electrons. The molecule has 1 fully saturated rings. The van der Waals surface area contributed by atoms with Crippen LogP contribution in [0.3, 0.4) is 0 Å². The normalized spacial score (nSPS) is 21.2. The average molecular weight is 360 g/mol. The third-order valence-electron chi connectivity index (χ3n) is 4.86. The van der Waals surface area contributed by atoms with Crippen LogP contribution in [0.15, 0.2) is 24.4 Å². The molecule has 1 atom stereocenters. The summed E-state index contributed by atoms with van der Waals surface area (Å²) in [4.78, 5) is 17.0. The lowest BCUT2D eigenvalue weighted by molar-refractivity contribution is 0.0936. The summed E-state index contributed by atoms with van der Waals surface area (Å²) < 4.78 is 25.3. The molecule has 0 unspecified atom stereocenters. The van der Waals surface area contributed by atoms with Gasteiger partial charge < -0.3 is 5.32 Å². The van der Waals surface area contributed by atoms with Crippen molar-refractivity contribution in [2.75, 3.05) is 11.5 Å².